The summed E-state index contributed by atoms with van der Waals surface area (Å²) in [6.45, 7) is 5.53. The SMILES string of the molecule is CCc1nc(CC2CCCN2)[nH]c1CC. The average Bonchev–Trinajstić information content (AvgIpc) is 2.87. The van der Waals surface area contributed by atoms with Gasteiger partial charge >= 0.3 is 0 Å². The van der Waals surface area contributed by atoms with Crippen LogP contribution >= 0.6 is 0 Å². The third-order valence-corrected chi connectivity index (χ3v) is 3.20. The quantitative estimate of drug-likeness (QED) is 0.791. The van der Waals surface area contributed by atoms with Gasteiger partial charge in [-0.1, -0.05) is 13.8 Å². The van der Waals surface area contributed by atoms with Crippen LogP contribution in [0.25, 0.3) is 0 Å². The fourth-order valence-electron chi connectivity index (χ4n) is 2.35. The molecule has 1 unspecified atom stereocenters. The Kier molecular flexibility index (Phi) is 3.41. The molecule has 2 heterocycles. The van der Waals surface area contributed by atoms with Gasteiger partial charge in [-0.25, -0.2) is 4.98 Å². The van der Waals surface area contributed by atoms with Crippen LogP contribution in [0.3, 0.4) is 0 Å². The lowest BCUT2D eigenvalue weighted by atomic mass is 10.1. The van der Waals surface area contributed by atoms with E-state index in [-0.39, 0.29) is 0 Å². The van der Waals surface area contributed by atoms with Crippen molar-refractivity contribution in [3.63, 3.8) is 0 Å². The van der Waals surface area contributed by atoms with Crippen molar-refractivity contribution in [2.24, 2.45) is 0 Å². The maximum Gasteiger partial charge on any atom is 0.108 e. The fourth-order valence-corrected chi connectivity index (χ4v) is 2.35. The highest BCUT2D eigenvalue weighted by Crippen LogP contribution is 2.13. The molecule has 15 heavy (non-hydrogen) atoms. The van der Waals surface area contributed by atoms with Crippen LogP contribution in [-0.4, -0.2) is 22.6 Å². The van der Waals surface area contributed by atoms with E-state index in [1.54, 1.807) is 0 Å². The first-order chi connectivity index (χ1) is 7.33. The molecule has 1 aliphatic heterocycles. The number of rotatable bonds is 4. The third-order valence-electron chi connectivity index (χ3n) is 3.20. The van der Waals surface area contributed by atoms with E-state index in [0.29, 0.717) is 6.04 Å². The average molecular weight is 207 g/mol. The van der Waals surface area contributed by atoms with Gasteiger partial charge in [0.2, 0.25) is 0 Å². The van der Waals surface area contributed by atoms with E-state index in [1.165, 1.54) is 36.6 Å². The number of imidazole rings is 1. The molecule has 0 amide bonds. The van der Waals surface area contributed by atoms with Crippen LogP contribution in [0, 0.1) is 0 Å². The molecule has 1 saturated heterocycles. The first-order valence-corrected chi connectivity index (χ1v) is 6.13. The minimum Gasteiger partial charge on any atom is -0.346 e. The zero-order valence-corrected chi connectivity index (χ0v) is 9.77. The van der Waals surface area contributed by atoms with Crippen LogP contribution in [0.2, 0.25) is 0 Å². The topological polar surface area (TPSA) is 40.7 Å². The van der Waals surface area contributed by atoms with Crippen molar-refractivity contribution in [2.75, 3.05) is 6.54 Å². The van der Waals surface area contributed by atoms with Crippen molar-refractivity contribution in [3.8, 4) is 0 Å². The minimum atomic E-state index is 0.644. The number of hydrogen-bond acceptors (Lipinski definition) is 2. The largest absolute Gasteiger partial charge is 0.346 e. The predicted molar refractivity (Wildman–Crippen MR) is 62.1 cm³/mol. The number of aromatic amines is 1. The molecule has 2 N–H and O–H groups in total. The lowest BCUT2D eigenvalue weighted by Crippen LogP contribution is -2.24. The summed E-state index contributed by atoms with van der Waals surface area (Å²) < 4.78 is 0. The summed E-state index contributed by atoms with van der Waals surface area (Å²) in [7, 11) is 0. The van der Waals surface area contributed by atoms with Crippen molar-refractivity contribution >= 4 is 0 Å². The van der Waals surface area contributed by atoms with Crippen molar-refractivity contribution in [1.82, 2.24) is 15.3 Å². The molecule has 1 aliphatic rings. The molecule has 3 nitrogen and oxygen atoms in total. The summed E-state index contributed by atoms with van der Waals surface area (Å²) in [5.74, 6) is 1.17. The molecular formula is C12H21N3. The summed E-state index contributed by atoms with van der Waals surface area (Å²) in [4.78, 5) is 8.13. The number of aromatic nitrogens is 2. The monoisotopic (exact) mass is 207 g/mol. The number of aryl methyl sites for hydroxylation is 2. The number of H-pyrrole nitrogens is 1. The molecule has 2 rings (SSSR count). The van der Waals surface area contributed by atoms with Crippen molar-refractivity contribution in [3.05, 3.63) is 17.2 Å². The molecule has 0 aliphatic carbocycles. The standard InChI is InChI=1S/C12H21N3/c1-3-10-11(4-2)15-12(14-10)8-9-6-5-7-13-9/h9,13H,3-8H2,1-2H3,(H,14,15). The first-order valence-electron chi connectivity index (χ1n) is 6.13. The smallest absolute Gasteiger partial charge is 0.108 e. The van der Waals surface area contributed by atoms with Crippen LogP contribution in [0.1, 0.15) is 43.9 Å². The molecule has 1 fully saturated rings. The van der Waals surface area contributed by atoms with Gasteiger partial charge in [0.25, 0.3) is 0 Å². The maximum atomic E-state index is 4.67. The second-order valence-electron chi connectivity index (χ2n) is 4.31. The van der Waals surface area contributed by atoms with Crippen molar-refractivity contribution in [1.29, 1.82) is 0 Å². The minimum absolute atomic E-state index is 0.644. The van der Waals surface area contributed by atoms with E-state index >= 15 is 0 Å². The van der Waals surface area contributed by atoms with Crippen molar-refractivity contribution < 1.29 is 0 Å². The number of nitrogens with zero attached hydrogens (tertiary/aromatic N) is 1. The summed E-state index contributed by atoms with van der Waals surface area (Å²) in [6, 6.07) is 0.644. The van der Waals surface area contributed by atoms with Crippen LogP contribution in [-0.2, 0) is 19.3 Å². The number of nitrogens with one attached hydrogen (secondary N) is 2. The van der Waals surface area contributed by atoms with E-state index in [1.807, 2.05) is 0 Å². The molecular weight excluding hydrogens is 186 g/mol. The first kappa shape index (κ1) is 10.7. The van der Waals surface area contributed by atoms with Crippen LogP contribution in [0.15, 0.2) is 0 Å². The Labute approximate surface area is 91.7 Å². The van der Waals surface area contributed by atoms with Gasteiger partial charge in [0.15, 0.2) is 0 Å². The number of hydrogen-bond donors (Lipinski definition) is 2. The summed E-state index contributed by atoms with van der Waals surface area (Å²) in [5, 5.41) is 3.51. The lowest BCUT2D eigenvalue weighted by Gasteiger charge is -2.06. The molecule has 1 atom stereocenters. The molecule has 0 saturated carbocycles. The lowest BCUT2D eigenvalue weighted by molar-refractivity contribution is 0.587. The zero-order valence-electron chi connectivity index (χ0n) is 9.77. The highest BCUT2D eigenvalue weighted by atomic mass is 15.0. The van der Waals surface area contributed by atoms with Crippen LogP contribution < -0.4 is 5.32 Å². The molecule has 3 heteroatoms. The van der Waals surface area contributed by atoms with Crippen molar-refractivity contribution in [2.45, 2.75) is 52.0 Å². The molecule has 0 aromatic carbocycles. The van der Waals surface area contributed by atoms with Gasteiger partial charge in [-0.3, -0.25) is 0 Å². The van der Waals surface area contributed by atoms with Gasteiger partial charge < -0.3 is 10.3 Å². The van der Waals surface area contributed by atoms with Gasteiger partial charge in [0.1, 0.15) is 5.82 Å². The van der Waals surface area contributed by atoms with E-state index in [4.69, 9.17) is 0 Å². The van der Waals surface area contributed by atoms with E-state index in [0.717, 1.165) is 19.3 Å². The predicted octanol–water partition coefficient (Wildman–Crippen LogP) is 1.83. The van der Waals surface area contributed by atoms with Gasteiger partial charge in [-0.2, -0.15) is 0 Å². The Morgan fingerprint density at radius 1 is 1.33 bits per heavy atom. The molecule has 0 spiro atoms. The Morgan fingerprint density at radius 2 is 2.20 bits per heavy atom. The Hall–Kier alpha value is -0.830. The normalized spacial score (nSPS) is 21.1. The summed E-state index contributed by atoms with van der Waals surface area (Å²) in [6.07, 6.45) is 5.77. The second-order valence-corrected chi connectivity index (χ2v) is 4.31. The Balaban J connectivity index is 2.04. The Morgan fingerprint density at radius 3 is 2.73 bits per heavy atom. The summed E-state index contributed by atoms with van der Waals surface area (Å²) in [5.41, 5.74) is 2.58. The molecule has 84 valence electrons. The molecule has 1 aromatic heterocycles. The highest BCUT2D eigenvalue weighted by molar-refractivity contribution is 5.15. The van der Waals surface area contributed by atoms with Gasteiger partial charge in [-0.15, -0.1) is 0 Å². The maximum absolute atomic E-state index is 4.67. The van der Waals surface area contributed by atoms with Crippen LogP contribution in [0.4, 0.5) is 0 Å². The van der Waals surface area contributed by atoms with E-state index in [2.05, 4.69) is 29.1 Å². The van der Waals surface area contributed by atoms with Crippen LogP contribution in [0.5, 0.6) is 0 Å². The second kappa shape index (κ2) is 4.79. The Bertz CT molecular complexity index is 289. The summed E-state index contributed by atoms with van der Waals surface area (Å²) >= 11 is 0. The third kappa shape index (κ3) is 2.40. The van der Waals surface area contributed by atoms with E-state index < -0.39 is 0 Å². The molecule has 1 aromatic rings. The van der Waals surface area contributed by atoms with Gasteiger partial charge in [0.05, 0.1) is 5.69 Å². The zero-order chi connectivity index (χ0) is 10.7. The van der Waals surface area contributed by atoms with Gasteiger partial charge in [0, 0.05) is 18.2 Å². The highest BCUT2D eigenvalue weighted by Gasteiger charge is 2.16. The molecule has 0 bridgehead atoms. The van der Waals surface area contributed by atoms with E-state index in [9.17, 15) is 0 Å². The van der Waals surface area contributed by atoms with Gasteiger partial charge in [-0.05, 0) is 32.2 Å². The molecule has 0 radical (unpaired) electrons. The fraction of sp³-hybridized carbons (Fsp3) is 0.750.